The number of allylic oxidation sites excluding steroid dienone is 13. The Balaban J connectivity index is 1.27. The van der Waals surface area contributed by atoms with E-state index in [0.29, 0.717) is 17.8 Å². The summed E-state index contributed by atoms with van der Waals surface area (Å²) in [5.74, 6) is 1.43. The zero-order valence-corrected chi connectivity index (χ0v) is 39.9. The van der Waals surface area contributed by atoms with Gasteiger partial charge in [0.15, 0.2) is 0 Å². The Morgan fingerprint density at radius 2 is 1.34 bits per heavy atom. The number of hydrogen-bond donors (Lipinski definition) is 0. The van der Waals surface area contributed by atoms with Gasteiger partial charge in [-0.05, 0) is 124 Å². The van der Waals surface area contributed by atoms with Crippen molar-refractivity contribution < 1.29 is 0 Å². The lowest BCUT2D eigenvalue weighted by Gasteiger charge is -2.53. The molecule has 4 unspecified atom stereocenters. The number of hydrogen-bond acceptors (Lipinski definition) is 2. The molecule has 1 aromatic heterocycles. The number of rotatable bonds is 3. The van der Waals surface area contributed by atoms with Crippen molar-refractivity contribution in [2.45, 2.75) is 133 Å². The molecule has 0 N–H and O–H groups in total. The van der Waals surface area contributed by atoms with E-state index in [4.69, 9.17) is 0 Å². The summed E-state index contributed by atoms with van der Waals surface area (Å²) < 4.78 is 2.76. The average molecular weight is 820 g/mol. The largest absolute Gasteiger partial charge is 0.337 e. The SMILES string of the molecule is CC(C)(C)c1ccc(N2C3=CC(n4c5c(c6ccccc64)C=CCC5)CC4=C3B(C3=CC(C(C)(C)C)CC=C3N4C3=CCC(C(C)(C)C)C=C3)C3=C2C=CC(C(C)(C)C)C3)cc1. The molecular formula is C58H70BN3. The van der Waals surface area contributed by atoms with Crippen molar-refractivity contribution in [2.24, 2.45) is 34.0 Å². The van der Waals surface area contributed by atoms with E-state index in [1.807, 2.05) is 0 Å². The summed E-state index contributed by atoms with van der Waals surface area (Å²) in [5, 5.41) is 1.38. The van der Waals surface area contributed by atoms with Gasteiger partial charge in [0, 0.05) is 62.8 Å². The van der Waals surface area contributed by atoms with Crippen molar-refractivity contribution in [1.29, 1.82) is 0 Å². The standard InChI is InChI=1S/C58H70BN3/c1-55(2,3)37-21-27-41(28-22-37)60-50-31-25-39(57(7,8)9)33-46(50)59-47-34-40(58(10,11)12)26-32-51(47)61(42-29-23-38(24-30-42)56(4,5)6)53-36-43(35-52(60)54(53)59)62-48-19-15-13-17-44(48)45-18-14-16-20-49(45)62/h13-15,17-19,21-23,25,27-32,34-35,38-40,43H,16,20,24,26,33,36H2,1-12H3. The highest BCUT2D eigenvalue weighted by Gasteiger charge is 2.52. The maximum absolute atomic E-state index is 2.77. The van der Waals surface area contributed by atoms with Crippen LogP contribution in [-0.2, 0) is 11.8 Å². The third-order valence-corrected chi connectivity index (χ3v) is 15.7. The lowest BCUT2D eigenvalue weighted by atomic mass is 9.29. The Hall–Kier alpha value is -4.70. The van der Waals surface area contributed by atoms with Crippen LogP contribution in [0.2, 0.25) is 0 Å². The van der Waals surface area contributed by atoms with Crippen molar-refractivity contribution in [3.05, 3.63) is 165 Å². The summed E-state index contributed by atoms with van der Waals surface area (Å²) in [6.45, 7) is 29.0. The Bertz CT molecular complexity index is 2630. The molecule has 4 heteroatoms. The van der Waals surface area contributed by atoms with E-state index in [9.17, 15) is 0 Å². The molecule has 320 valence electrons. The number of fused-ring (bicyclic) bond motifs is 6. The van der Waals surface area contributed by atoms with E-state index in [0.717, 1.165) is 38.5 Å². The predicted octanol–water partition coefficient (Wildman–Crippen LogP) is 15.2. The van der Waals surface area contributed by atoms with Crippen molar-refractivity contribution in [3.8, 4) is 0 Å². The Labute approximate surface area is 374 Å². The monoisotopic (exact) mass is 820 g/mol. The third-order valence-electron chi connectivity index (χ3n) is 15.7. The van der Waals surface area contributed by atoms with Crippen LogP contribution in [0.25, 0.3) is 17.0 Å². The van der Waals surface area contributed by atoms with Crippen molar-refractivity contribution >= 4 is 29.4 Å². The van der Waals surface area contributed by atoms with Crippen LogP contribution in [0.3, 0.4) is 0 Å². The molecule has 0 fully saturated rings. The van der Waals surface area contributed by atoms with Gasteiger partial charge in [-0.15, -0.1) is 0 Å². The second kappa shape index (κ2) is 14.4. The maximum atomic E-state index is 2.77. The first-order chi connectivity index (χ1) is 29.3. The summed E-state index contributed by atoms with van der Waals surface area (Å²) in [4.78, 5) is 5.47. The molecule has 3 nitrogen and oxygen atoms in total. The third kappa shape index (κ3) is 6.76. The van der Waals surface area contributed by atoms with E-state index in [1.54, 1.807) is 5.47 Å². The normalized spacial score (nSPS) is 25.0. The quantitative estimate of drug-likeness (QED) is 0.244. The van der Waals surface area contributed by atoms with Gasteiger partial charge in [0.2, 0.25) is 6.71 Å². The number of nitrogens with zero attached hydrogens (tertiary/aromatic N) is 3. The fourth-order valence-electron chi connectivity index (χ4n) is 11.7. The lowest BCUT2D eigenvalue weighted by Crippen LogP contribution is -2.50. The molecule has 0 saturated heterocycles. The average Bonchev–Trinajstić information content (AvgIpc) is 3.56. The van der Waals surface area contributed by atoms with E-state index in [1.165, 1.54) is 72.8 Å². The highest BCUT2D eigenvalue weighted by molar-refractivity contribution is 6.83. The maximum Gasteiger partial charge on any atom is 0.246 e. The van der Waals surface area contributed by atoms with Crippen LogP contribution in [0.15, 0.2) is 148 Å². The Kier molecular flexibility index (Phi) is 9.61. The first-order valence-electron chi connectivity index (χ1n) is 24.0. The molecule has 10 rings (SSSR count). The smallest absolute Gasteiger partial charge is 0.246 e. The van der Waals surface area contributed by atoms with Gasteiger partial charge in [0.1, 0.15) is 0 Å². The predicted molar refractivity (Wildman–Crippen MR) is 266 cm³/mol. The number of para-hydroxylation sites is 1. The van der Waals surface area contributed by atoms with Crippen LogP contribution in [0, 0.1) is 34.0 Å². The molecule has 0 radical (unpaired) electrons. The highest BCUT2D eigenvalue weighted by Crippen LogP contribution is 2.57. The molecule has 3 heterocycles. The minimum atomic E-state index is 0.0748. The summed E-state index contributed by atoms with van der Waals surface area (Å²) in [6.07, 6.45) is 31.9. The molecule has 2 aliphatic heterocycles. The van der Waals surface area contributed by atoms with E-state index < -0.39 is 0 Å². The second-order valence-corrected chi connectivity index (χ2v) is 23.8. The molecule has 3 aromatic rings. The van der Waals surface area contributed by atoms with Gasteiger partial charge in [0.05, 0.1) is 6.04 Å². The molecule has 7 aliphatic rings. The Morgan fingerprint density at radius 1 is 0.645 bits per heavy atom. The summed E-state index contributed by atoms with van der Waals surface area (Å²) in [7, 11) is 0. The van der Waals surface area contributed by atoms with Gasteiger partial charge in [-0.3, -0.25) is 0 Å². The van der Waals surface area contributed by atoms with E-state index in [-0.39, 0.29) is 34.4 Å². The van der Waals surface area contributed by atoms with Gasteiger partial charge in [-0.1, -0.05) is 161 Å². The van der Waals surface area contributed by atoms with Crippen molar-refractivity contribution in [1.82, 2.24) is 9.47 Å². The van der Waals surface area contributed by atoms with Crippen LogP contribution >= 0.6 is 0 Å². The van der Waals surface area contributed by atoms with Gasteiger partial charge < -0.3 is 14.4 Å². The molecule has 2 aromatic carbocycles. The number of benzene rings is 2. The minimum Gasteiger partial charge on any atom is -0.337 e. The highest BCUT2D eigenvalue weighted by atomic mass is 15.2. The fraction of sp³-hybridized carbons (Fsp3) is 0.448. The van der Waals surface area contributed by atoms with Gasteiger partial charge in [-0.25, -0.2) is 0 Å². The first kappa shape index (κ1) is 41.3. The molecule has 0 bridgehead atoms. The summed E-state index contributed by atoms with van der Waals surface area (Å²) >= 11 is 0. The van der Waals surface area contributed by atoms with Crippen LogP contribution in [0.1, 0.15) is 138 Å². The van der Waals surface area contributed by atoms with Crippen molar-refractivity contribution in [3.63, 3.8) is 0 Å². The second-order valence-electron chi connectivity index (χ2n) is 23.8. The van der Waals surface area contributed by atoms with Gasteiger partial charge in [-0.2, -0.15) is 0 Å². The molecule has 0 saturated carbocycles. The van der Waals surface area contributed by atoms with Crippen LogP contribution < -0.4 is 4.90 Å². The van der Waals surface area contributed by atoms with E-state index >= 15 is 0 Å². The minimum absolute atomic E-state index is 0.0748. The fourth-order valence-corrected chi connectivity index (χ4v) is 11.7. The zero-order valence-electron chi connectivity index (χ0n) is 39.9. The van der Waals surface area contributed by atoms with Crippen molar-refractivity contribution in [2.75, 3.05) is 4.90 Å². The Morgan fingerprint density at radius 3 is 2.02 bits per heavy atom. The van der Waals surface area contributed by atoms with Gasteiger partial charge in [0.25, 0.3) is 0 Å². The molecule has 62 heavy (non-hydrogen) atoms. The summed E-state index contributed by atoms with van der Waals surface area (Å²) in [5.41, 5.74) is 19.1. The van der Waals surface area contributed by atoms with E-state index in [2.05, 4.69) is 207 Å². The topological polar surface area (TPSA) is 11.4 Å². The number of aromatic nitrogens is 1. The molecule has 0 spiro atoms. The zero-order chi connectivity index (χ0) is 43.7. The molecule has 4 atom stereocenters. The van der Waals surface area contributed by atoms with Crippen LogP contribution in [0.4, 0.5) is 5.69 Å². The number of anilines is 1. The summed E-state index contributed by atoms with van der Waals surface area (Å²) in [6, 6.07) is 18.9. The molecular weight excluding hydrogens is 749 g/mol. The first-order valence-corrected chi connectivity index (χ1v) is 24.0. The molecule has 0 amide bonds. The van der Waals surface area contributed by atoms with Gasteiger partial charge >= 0.3 is 0 Å². The van der Waals surface area contributed by atoms with Crippen LogP contribution in [-0.4, -0.2) is 16.2 Å². The van der Waals surface area contributed by atoms with Crippen LogP contribution in [0.5, 0.6) is 0 Å². The molecule has 5 aliphatic carbocycles. The lowest BCUT2D eigenvalue weighted by molar-refractivity contribution is 0.286.